The summed E-state index contributed by atoms with van der Waals surface area (Å²) in [6.45, 7) is -0.0780. The molecule has 3 aromatic rings. The first-order valence-corrected chi connectivity index (χ1v) is 15.1. The Balaban J connectivity index is 1.27. The zero-order valence-electron chi connectivity index (χ0n) is 21.9. The number of carboxylic acid groups (broad SMARTS) is 2. The predicted octanol–water partition coefficient (Wildman–Crippen LogP) is -0.229. The van der Waals surface area contributed by atoms with E-state index >= 15 is 0 Å². The number of aromatic nitrogens is 5. The lowest BCUT2D eigenvalue weighted by molar-refractivity contribution is -0.157. The van der Waals surface area contributed by atoms with Crippen LogP contribution in [-0.4, -0.2) is 105 Å². The van der Waals surface area contributed by atoms with Crippen LogP contribution in [0.5, 0.6) is 0 Å². The first-order valence-electron chi connectivity index (χ1n) is 12.1. The number of aryl methyl sites for hydroxylation is 1. The molecule has 2 unspecified atom stereocenters. The lowest BCUT2D eigenvalue weighted by Crippen LogP contribution is -2.74. The number of aromatic carboxylic acids is 1. The molecule has 20 heteroatoms. The van der Waals surface area contributed by atoms with Gasteiger partial charge in [-0.2, -0.15) is 0 Å². The van der Waals surface area contributed by atoms with Gasteiger partial charge in [0.15, 0.2) is 10.8 Å². The number of aliphatic carboxylic acids is 1. The van der Waals surface area contributed by atoms with Crippen molar-refractivity contribution < 1.29 is 39.0 Å². The van der Waals surface area contributed by atoms with E-state index in [1.165, 1.54) is 51.0 Å². The van der Waals surface area contributed by atoms with E-state index in [9.17, 15) is 29.1 Å². The van der Waals surface area contributed by atoms with Crippen molar-refractivity contribution in [3.63, 3.8) is 0 Å². The number of carboxylic acids is 2. The predicted molar refractivity (Wildman–Crippen MR) is 151 cm³/mol. The minimum atomic E-state index is -1.27. The molecular formula is C23H21N9O8S3. The Hall–Kier alpha value is -4.56. The van der Waals surface area contributed by atoms with Crippen molar-refractivity contribution in [2.24, 2.45) is 17.6 Å². The quantitative estimate of drug-likeness (QED) is 0.0730. The molecule has 0 bridgehead atoms. The third-order valence-electron chi connectivity index (χ3n) is 6.51. The monoisotopic (exact) mass is 647 g/mol. The SMILES string of the molecule is Cn1nnnc1SCC1(C(=O)O)CS[C@@H]2C(NC(=O)C(=NOC(=O)c3ccc(C(=O)O)cc3)c3csc(N)n3)C(=O)N2C1. The van der Waals surface area contributed by atoms with Gasteiger partial charge in [-0.25, -0.2) is 19.3 Å². The second-order valence-electron chi connectivity index (χ2n) is 9.35. The van der Waals surface area contributed by atoms with Crippen LogP contribution in [0.2, 0.25) is 0 Å². The lowest BCUT2D eigenvalue weighted by atomic mass is 9.89. The summed E-state index contributed by atoms with van der Waals surface area (Å²) >= 11 is 3.38. The number of rotatable bonds is 10. The number of carbonyl (C=O) groups excluding carboxylic acids is 3. The number of thioether (sulfide) groups is 2. The van der Waals surface area contributed by atoms with Crippen LogP contribution >= 0.6 is 34.9 Å². The number of hydrogen-bond acceptors (Lipinski definition) is 15. The fraction of sp³-hybridized carbons (Fsp3) is 0.304. The number of hydrogen-bond donors (Lipinski definition) is 4. The molecule has 2 aliphatic heterocycles. The molecule has 2 aromatic heterocycles. The summed E-state index contributed by atoms with van der Waals surface area (Å²) < 4.78 is 1.42. The van der Waals surface area contributed by atoms with Crippen molar-refractivity contribution in [2.45, 2.75) is 16.6 Å². The summed E-state index contributed by atoms with van der Waals surface area (Å²) in [5.74, 6) is -4.32. The van der Waals surface area contributed by atoms with Crippen LogP contribution < -0.4 is 11.1 Å². The van der Waals surface area contributed by atoms with Gasteiger partial charge in [-0.1, -0.05) is 16.9 Å². The number of benzene rings is 1. The molecule has 43 heavy (non-hydrogen) atoms. The third kappa shape index (κ3) is 6.01. The van der Waals surface area contributed by atoms with Gasteiger partial charge in [-0.15, -0.1) is 28.2 Å². The van der Waals surface area contributed by atoms with Crippen LogP contribution in [0.4, 0.5) is 5.13 Å². The normalized spacial score (nSPS) is 21.5. The molecule has 4 heterocycles. The van der Waals surface area contributed by atoms with Crippen LogP contribution in [0.25, 0.3) is 0 Å². The van der Waals surface area contributed by atoms with E-state index in [1.807, 2.05) is 0 Å². The van der Waals surface area contributed by atoms with E-state index in [-0.39, 0.29) is 40.0 Å². The minimum absolute atomic E-state index is 0.00543. The van der Waals surface area contributed by atoms with E-state index in [0.717, 1.165) is 23.1 Å². The second kappa shape index (κ2) is 12.0. The largest absolute Gasteiger partial charge is 0.481 e. The van der Waals surface area contributed by atoms with Gasteiger partial charge in [0.25, 0.3) is 5.91 Å². The van der Waals surface area contributed by atoms with E-state index in [0.29, 0.717) is 5.16 Å². The van der Waals surface area contributed by atoms with Gasteiger partial charge in [0.2, 0.25) is 11.1 Å². The van der Waals surface area contributed by atoms with Crippen molar-refractivity contribution in [1.82, 2.24) is 35.4 Å². The number of nitrogens with one attached hydrogen (secondary N) is 1. The van der Waals surface area contributed by atoms with Gasteiger partial charge in [0.1, 0.15) is 22.5 Å². The highest BCUT2D eigenvalue weighted by molar-refractivity contribution is 8.00. The molecule has 1 aromatic carbocycles. The molecule has 0 spiro atoms. The first-order chi connectivity index (χ1) is 20.5. The summed E-state index contributed by atoms with van der Waals surface area (Å²) in [6.07, 6.45) is 0. The highest BCUT2D eigenvalue weighted by Crippen LogP contribution is 2.44. The number of nitrogens with two attached hydrogens (primary N) is 1. The summed E-state index contributed by atoms with van der Waals surface area (Å²) in [6, 6.07) is 3.86. The average Bonchev–Trinajstić information content (AvgIpc) is 3.61. The van der Waals surface area contributed by atoms with E-state index in [1.54, 1.807) is 7.05 Å². The van der Waals surface area contributed by atoms with Gasteiger partial charge in [-0.3, -0.25) is 14.4 Å². The Morgan fingerprint density at radius 2 is 1.95 bits per heavy atom. The fourth-order valence-corrected chi connectivity index (χ4v) is 7.41. The third-order valence-corrected chi connectivity index (χ3v) is 10.1. The average molecular weight is 648 g/mol. The molecule has 224 valence electrons. The number of anilines is 1. The van der Waals surface area contributed by atoms with Gasteiger partial charge in [0, 0.05) is 30.5 Å². The summed E-state index contributed by atoms with van der Waals surface area (Å²) in [4.78, 5) is 72.5. The first kappa shape index (κ1) is 29.9. The number of tetrazole rings is 1. The molecule has 0 saturated carbocycles. The Labute approximate surface area is 253 Å². The number of thiazole rings is 1. The summed E-state index contributed by atoms with van der Waals surface area (Å²) in [7, 11) is 1.63. The molecule has 0 aliphatic carbocycles. The Morgan fingerprint density at radius 1 is 1.23 bits per heavy atom. The zero-order valence-corrected chi connectivity index (χ0v) is 24.4. The Kier molecular flexibility index (Phi) is 8.33. The topological polar surface area (TPSA) is 245 Å². The number of fused-ring (bicyclic) bond motifs is 1. The molecule has 2 fully saturated rings. The van der Waals surface area contributed by atoms with E-state index < -0.39 is 52.3 Å². The summed E-state index contributed by atoms with van der Waals surface area (Å²) in [5.41, 5.74) is 3.93. The lowest BCUT2D eigenvalue weighted by Gasteiger charge is -2.53. The number of nitrogens with zero attached hydrogens (tertiary/aromatic N) is 7. The molecule has 2 saturated heterocycles. The maximum atomic E-state index is 13.3. The molecule has 2 aliphatic rings. The molecule has 5 N–H and O–H groups in total. The maximum Gasteiger partial charge on any atom is 0.365 e. The smallest absolute Gasteiger partial charge is 0.365 e. The van der Waals surface area contributed by atoms with Gasteiger partial charge < -0.3 is 31.0 Å². The van der Waals surface area contributed by atoms with Crippen LogP contribution in [0.15, 0.2) is 40.0 Å². The van der Waals surface area contributed by atoms with Gasteiger partial charge >= 0.3 is 17.9 Å². The standard InChI is InChI=1S/C23H21N9O8S3/c1-31-22(27-29-30-31)43-9-23(20(38)39)7-32-16(34)14(17(32)42-8-23)26-15(33)13(12-6-41-21(24)25-12)28-40-19(37)11-4-2-10(3-5-11)18(35)36/h2-6,14,17H,7-9H2,1H3,(H2,24,25)(H,26,33)(H,35,36)(H,38,39)/t14?,17-,23?/m1/s1. The van der Waals surface area contributed by atoms with Gasteiger partial charge in [-0.05, 0) is 34.7 Å². The van der Waals surface area contributed by atoms with Crippen molar-refractivity contribution in [3.05, 3.63) is 46.5 Å². The van der Waals surface area contributed by atoms with Gasteiger partial charge in [0.05, 0.1) is 11.1 Å². The van der Waals surface area contributed by atoms with Crippen LogP contribution in [0.1, 0.15) is 26.4 Å². The van der Waals surface area contributed by atoms with Crippen molar-refractivity contribution in [3.8, 4) is 0 Å². The van der Waals surface area contributed by atoms with E-state index in [4.69, 9.17) is 15.7 Å². The molecule has 5 rings (SSSR count). The van der Waals surface area contributed by atoms with Crippen molar-refractivity contribution in [1.29, 1.82) is 0 Å². The minimum Gasteiger partial charge on any atom is -0.481 e. The highest BCUT2D eigenvalue weighted by Gasteiger charge is 2.57. The van der Waals surface area contributed by atoms with Crippen LogP contribution in [-0.2, 0) is 26.3 Å². The van der Waals surface area contributed by atoms with E-state index in [2.05, 4.69) is 31.0 Å². The van der Waals surface area contributed by atoms with Crippen LogP contribution in [0.3, 0.4) is 0 Å². The molecule has 17 nitrogen and oxygen atoms in total. The Bertz CT molecular complexity index is 1640. The number of carbonyl (C=O) groups is 5. The molecular weight excluding hydrogens is 627 g/mol. The zero-order chi connectivity index (χ0) is 30.9. The number of oxime groups is 1. The molecule has 0 radical (unpaired) electrons. The molecule has 2 amide bonds. The number of β-lactam (4-membered cyclic amide) rings is 1. The fourth-order valence-electron chi connectivity index (χ4n) is 4.15. The second-order valence-corrected chi connectivity index (χ2v) is 12.3. The molecule has 3 atom stereocenters. The highest BCUT2D eigenvalue weighted by atomic mass is 32.2. The van der Waals surface area contributed by atoms with Crippen molar-refractivity contribution in [2.75, 3.05) is 23.8 Å². The maximum absolute atomic E-state index is 13.3. The number of nitrogen functional groups attached to an aromatic ring is 1. The number of amides is 2. The summed E-state index contributed by atoms with van der Waals surface area (Å²) in [5, 5.41) is 37.9. The Morgan fingerprint density at radius 3 is 2.56 bits per heavy atom. The van der Waals surface area contributed by atoms with Crippen LogP contribution in [0, 0.1) is 5.41 Å². The van der Waals surface area contributed by atoms with Crippen molar-refractivity contribution >= 4 is 75.4 Å².